The number of aromatic hydroxyl groups is 1. The molecule has 0 spiro atoms. The lowest BCUT2D eigenvalue weighted by molar-refractivity contribution is 0.0466. The van der Waals surface area contributed by atoms with Crippen LogP contribution in [0.1, 0.15) is 16.1 Å². The second-order valence-electron chi connectivity index (χ2n) is 4.87. The Morgan fingerprint density at radius 2 is 1.95 bits per heavy atom. The van der Waals surface area contributed by atoms with Crippen molar-refractivity contribution in [2.24, 2.45) is 0 Å². The molecule has 0 amide bonds. The van der Waals surface area contributed by atoms with Gasteiger partial charge >= 0.3 is 5.97 Å². The van der Waals surface area contributed by atoms with E-state index in [9.17, 15) is 9.90 Å². The van der Waals surface area contributed by atoms with Crippen LogP contribution in [0.2, 0.25) is 0 Å². The molecule has 1 aromatic heterocycles. The van der Waals surface area contributed by atoms with Gasteiger partial charge in [-0.3, -0.25) is 0 Å². The van der Waals surface area contributed by atoms with Crippen LogP contribution in [0.4, 0.5) is 0 Å². The minimum atomic E-state index is -0.549. The van der Waals surface area contributed by atoms with E-state index in [-0.39, 0.29) is 18.1 Å². The van der Waals surface area contributed by atoms with Gasteiger partial charge in [0.2, 0.25) is 0 Å². The first-order valence-corrected chi connectivity index (χ1v) is 6.74. The number of esters is 1. The Balaban J connectivity index is 1.79. The van der Waals surface area contributed by atoms with Crippen LogP contribution < -0.4 is 5.46 Å². The van der Waals surface area contributed by atoms with Crippen molar-refractivity contribution in [1.82, 2.24) is 4.98 Å². The molecular weight excluding hydrogens is 277 g/mol. The summed E-state index contributed by atoms with van der Waals surface area (Å²) in [5.74, 6) is -0.518. The summed E-state index contributed by atoms with van der Waals surface area (Å²) in [5, 5.41) is 10.5. The molecular formula is C17H12BNO3. The topological polar surface area (TPSA) is 59.4 Å². The number of carbonyl (C=O) groups excluding carboxylic acids is 1. The molecule has 0 aliphatic carbocycles. The lowest BCUT2D eigenvalue weighted by Gasteiger charge is -2.06. The molecule has 0 saturated carbocycles. The monoisotopic (exact) mass is 289 g/mol. The van der Waals surface area contributed by atoms with Crippen LogP contribution >= 0.6 is 0 Å². The number of benzene rings is 2. The number of nitrogens with zero attached hydrogens (tertiary/aromatic N) is 1. The lowest BCUT2D eigenvalue weighted by Crippen LogP contribution is -2.09. The van der Waals surface area contributed by atoms with Crippen molar-refractivity contribution in [1.29, 1.82) is 0 Å². The number of pyridine rings is 1. The number of aromatic nitrogens is 1. The third-order valence-corrected chi connectivity index (χ3v) is 3.23. The fourth-order valence-corrected chi connectivity index (χ4v) is 2.15. The maximum absolute atomic E-state index is 12.1. The number of para-hydroxylation sites is 1. The Labute approximate surface area is 128 Å². The Kier molecular flexibility index (Phi) is 3.79. The molecule has 2 radical (unpaired) electrons. The average molecular weight is 289 g/mol. The van der Waals surface area contributed by atoms with Crippen molar-refractivity contribution < 1.29 is 14.6 Å². The minimum absolute atomic E-state index is 0.0305. The number of phenols is 1. The van der Waals surface area contributed by atoms with Crippen molar-refractivity contribution in [2.75, 3.05) is 0 Å². The third kappa shape index (κ3) is 2.93. The van der Waals surface area contributed by atoms with Gasteiger partial charge in [0.15, 0.2) is 0 Å². The molecule has 1 N–H and O–H groups in total. The van der Waals surface area contributed by atoms with Gasteiger partial charge in [0.25, 0.3) is 0 Å². The molecule has 5 heteroatoms. The highest BCUT2D eigenvalue weighted by atomic mass is 16.5. The molecule has 0 bridgehead atoms. The Morgan fingerprint density at radius 3 is 2.77 bits per heavy atom. The Morgan fingerprint density at radius 1 is 1.14 bits per heavy atom. The van der Waals surface area contributed by atoms with E-state index in [1.807, 2.05) is 12.1 Å². The number of hydrogen-bond acceptors (Lipinski definition) is 4. The fourth-order valence-electron chi connectivity index (χ4n) is 2.15. The van der Waals surface area contributed by atoms with Gasteiger partial charge in [-0.15, -0.1) is 0 Å². The van der Waals surface area contributed by atoms with Gasteiger partial charge in [0.1, 0.15) is 31.4 Å². The molecule has 0 aliphatic rings. The van der Waals surface area contributed by atoms with Crippen LogP contribution in [-0.4, -0.2) is 23.9 Å². The molecule has 0 fully saturated rings. The highest BCUT2D eigenvalue weighted by Crippen LogP contribution is 2.22. The summed E-state index contributed by atoms with van der Waals surface area (Å²) in [7, 11) is 5.67. The predicted molar refractivity (Wildman–Crippen MR) is 84.4 cm³/mol. The number of rotatable bonds is 3. The average Bonchev–Trinajstić information content (AvgIpc) is 2.53. The van der Waals surface area contributed by atoms with Gasteiger partial charge in [0, 0.05) is 5.39 Å². The SMILES string of the molecule is [B]c1cccc(COC(=O)c2ccc3cccc(O)c3n2)c1. The van der Waals surface area contributed by atoms with E-state index in [1.165, 1.54) is 6.07 Å². The smallest absolute Gasteiger partial charge is 0.357 e. The van der Waals surface area contributed by atoms with E-state index < -0.39 is 5.97 Å². The summed E-state index contributed by atoms with van der Waals surface area (Å²) in [6, 6.07) is 15.5. The second-order valence-corrected chi connectivity index (χ2v) is 4.87. The molecule has 2 aromatic carbocycles. The summed E-state index contributed by atoms with van der Waals surface area (Å²) < 4.78 is 5.22. The maximum atomic E-state index is 12.1. The number of phenolic OH excluding ortho intramolecular Hbond substituents is 1. The van der Waals surface area contributed by atoms with Crippen LogP contribution in [-0.2, 0) is 11.3 Å². The first-order chi connectivity index (χ1) is 10.6. The van der Waals surface area contributed by atoms with Crippen molar-refractivity contribution in [3.8, 4) is 5.75 Å². The van der Waals surface area contributed by atoms with E-state index in [2.05, 4.69) is 4.98 Å². The molecule has 0 aliphatic heterocycles. The molecule has 0 unspecified atom stereocenters. The minimum Gasteiger partial charge on any atom is -0.506 e. The maximum Gasteiger partial charge on any atom is 0.357 e. The Hall–Kier alpha value is -2.82. The van der Waals surface area contributed by atoms with E-state index >= 15 is 0 Å². The molecule has 0 atom stereocenters. The largest absolute Gasteiger partial charge is 0.506 e. The van der Waals surface area contributed by atoms with Crippen LogP contribution in [0.15, 0.2) is 54.6 Å². The summed E-state index contributed by atoms with van der Waals surface area (Å²) in [6.45, 7) is 0.115. The zero-order chi connectivity index (χ0) is 15.5. The van der Waals surface area contributed by atoms with E-state index in [0.29, 0.717) is 11.0 Å². The van der Waals surface area contributed by atoms with Crippen LogP contribution in [0.3, 0.4) is 0 Å². The third-order valence-electron chi connectivity index (χ3n) is 3.23. The molecule has 3 aromatic rings. The first-order valence-electron chi connectivity index (χ1n) is 6.74. The number of fused-ring (bicyclic) bond motifs is 1. The van der Waals surface area contributed by atoms with Gasteiger partial charge in [-0.25, -0.2) is 9.78 Å². The molecule has 106 valence electrons. The highest BCUT2D eigenvalue weighted by molar-refractivity contribution is 6.32. The van der Waals surface area contributed by atoms with Gasteiger partial charge in [0.05, 0.1) is 0 Å². The molecule has 0 saturated heterocycles. The van der Waals surface area contributed by atoms with Crippen LogP contribution in [0.5, 0.6) is 5.75 Å². The van der Waals surface area contributed by atoms with Crippen molar-refractivity contribution in [2.45, 2.75) is 6.61 Å². The van der Waals surface area contributed by atoms with Gasteiger partial charge in [-0.05, 0) is 17.7 Å². The van der Waals surface area contributed by atoms with Crippen molar-refractivity contribution in [3.63, 3.8) is 0 Å². The fraction of sp³-hybridized carbons (Fsp3) is 0.0588. The van der Waals surface area contributed by atoms with Crippen LogP contribution in [0, 0.1) is 0 Å². The predicted octanol–water partition coefficient (Wildman–Crippen LogP) is 2.09. The standard InChI is InChI=1S/C17H12BNO3/c18-13-5-1-3-11(9-13)10-22-17(21)14-8-7-12-4-2-6-15(20)16(12)19-14/h1-9,20H,10H2. The zero-order valence-electron chi connectivity index (χ0n) is 11.7. The summed E-state index contributed by atoms with van der Waals surface area (Å²) in [4.78, 5) is 16.2. The molecule has 4 nitrogen and oxygen atoms in total. The summed E-state index contributed by atoms with van der Waals surface area (Å²) in [6.07, 6.45) is 0. The van der Waals surface area contributed by atoms with Crippen molar-refractivity contribution >= 4 is 30.2 Å². The number of ether oxygens (including phenoxy) is 1. The molecule has 3 rings (SSSR count). The number of hydrogen-bond donors (Lipinski definition) is 1. The van der Waals surface area contributed by atoms with Gasteiger partial charge in [-0.2, -0.15) is 0 Å². The van der Waals surface area contributed by atoms with E-state index in [4.69, 9.17) is 12.6 Å². The number of carbonyl (C=O) groups is 1. The summed E-state index contributed by atoms with van der Waals surface area (Å²) >= 11 is 0. The highest BCUT2D eigenvalue weighted by Gasteiger charge is 2.11. The van der Waals surface area contributed by atoms with Crippen LogP contribution in [0.25, 0.3) is 10.9 Å². The normalized spacial score (nSPS) is 10.5. The quantitative estimate of drug-likeness (QED) is 0.592. The van der Waals surface area contributed by atoms with E-state index in [1.54, 1.807) is 36.4 Å². The van der Waals surface area contributed by atoms with E-state index in [0.717, 1.165) is 10.9 Å². The van der Waals surface area contributed by atoms with Gasteiger partial charge in [-0.1, -0.05) is 47.9 Å². The zero-order valence-corrected chi connectivity index (χ0v) is 11.7. The first kappa shape index (κ1) is 14.1. The molecule has 22 heavy (non-hydrogen) atoms. The van der Waals surface area contributed by atoms with Gasteiger partial charge < -0.3 is 9.84 Å². The summed E-state index contributed by atoms with van der Waals surface area (Å²) in [5.41, 5.74) is 1.94. The second kappa shape index (κ2) is 5.89. The van der Waals surface area contributed by atoms with Crippen molar-refractivity contribution in [3.05, 3.63) is 65.9 Å². The molecule has 1 heterocycles. The lowest BCUT2D eigenvalue weighted by atomic mass is 9.95. The Bertz CT molecular complexity index is 848.